The molecule has 10 heteroatoms. The fraction of sp³-hybridized carbons (Fsp3) is 0.400. The van der Waals surface area contributed by atoms with Gasteiger partial charge in [-0.15, -0.1) is 0 Å². The first kappa shape index (κ1) is 26.2. The molecule has 9 nitrogen and oxygen atoms in total. The van der Waals surface area contributed by atoms with Crippen molar-refractivity contribution in [3.8, 4) is 11.5 Å². The van der Waals surface area contributed by atoms with E-state index in [1.807, 2.05) is 6.07 Å². The highest BCUT2D eigenvalue weighted by Gasteiger charge is 2.27. The maximum Gasteiger partial charge on any atom is 0.321 e. The number of rotatable bonds is 8. The third-order valence-corrected chi connectivity index (χ3v) is 6.02. The van der Waals surface area contributed by atoms with Crippen LogP contribution in [0.5, 0.6) is 11.5 Å². The second-order valence-corrected chi connectivity index (χ2v) is 8.79. The molecule has 1 fully saturated rings. The minimum Gasteiger partial charge on any atom is -0.493 e. The number of nitrogens with zero attached hydrogens (tertiary/aromatic N) is 1. The number of carbonyl (C=O) groups excluding carboxylic acids is 3. The third kappa shape index (κ3) is 7.51. The molecule has 188 valence electrons. The monoisotopic (exact) mass is 502 g/mol. The van der Waals surface area contributed by atoms with Gasteiger partial charge in [0, 0.05) is 43.2 Å². The second kappa shape index (κ2) is 12.3. The average molecular weight is 503 g/mol. The highest BCUT2D eigenvalue weighted by atomic mass is 35.5. The van der Waals surface area contributed by atoms with Gasteiger partial charge in [-0.2, -0.15) is 0 Å². The van der Waals surface area contributed by atoms with Gasteiger partial charge in [0.2, 0.25) is 11.8 Å². The molecule has 1 atom stereocenters. The molecule has 3 N–H and O–H groups in total. The van der Waals surface area contributed by atoms with Crippen LogP contribution in [0.15, 0.2) is 42.5 Å². The van der Waals surface area contributed by atoms with Gasteiger partial charge in [0.25, 0.3) is 0 Å². The van der Waals surface area contributed by atoms with E-state index in [1.165, 1.54) is 6.92 Å². The molecule has 1 heterocycles. The molecule has 0 radical (unpaired) electrons. The number of benzene rings is 2. The molecule has 0 bridgehead atoms. The van der Waals surface area contributed by atoms with Gasteiger partial charge in [-0.05, 0) is 48.7 Å². The minimum absolute atomic E-state index is 0.0978. The lowest BCUT2D eigenvalue weighted by Crippen LogP contribution is -2.53. The Morgan fingerprint density at radius 1 is 1.06 bits per heavy atom. The van der Waals surface area contributed by atoms with E-state index >= 15 is 0 Å². The summed E-state index contributed by atoms with van der Waals surface area (Å²) in [5.74, 6) is 0.577. The smallest absolute Gasteiger partial charge is 0.321 e. The number of hydrogen-bond acceptors (Lipinski definition) is 5. The van der Waals surface area contributed by atoms with Crippen molar-refractivity contribution in [2.24, 2.45) is 0 Å². The van der Waals surface area contributed by atoms with Crippen LogP contribution in [-0.2, 0) is 16.0 Å². The molecule has 3 rings (SSSR count). The van der Waals surface area contributed by atoms with Crippen LogP contribution in [0, 0.1) is 0 Å². The van der Waals surface area contributed by atoms with E-state index < -0.39 is 6.04 Å². The number of likely N-dealkylation sites (tertiary alicyclic amines) is 1. The third-order valence-electron chi connectivity index (χ3n) is 5.79. The van der Waals surface area contributed by atoms with Gasteiger partial charge in [-0.25, -0.2) is 4.79 Å². The zero-order valence-electron chi connectivity index (χ0n) is 20.1. The maximum absolute atomic E-state index is 13.0. The molecule has 1 unspecified atom stereocenters. The topological polar surface area (TPSA) is 109 Å². The SMILES string of the molecule is COc1ccc(CC(NC(C)=O)C(=O)NC2CCN(C(=O)Nc3cccc(Cl)c3)CC2)cc1OC. The van der Waals surface area contributed by atoms with E-state index in [2.05, 4.69) is 16.0 Å². The molecule has 35 heavy (non-hydrogen) atoms. The number of carbonyl (C=O) groups is 3. The lowest BCUT2D eigenvalue weighted by atomic mass is 10.0. The number of piperidine rings is 1. The molecular weight excluding hydrogens is 472 g/mol. The van der Waals surface area contributed by atoms with Gasteiger partial charge < -0.3 is 30.3 Å². The average Bonchev–Trinajstić information content (AvgIpc) is 2.83. The number of anilines is 1. The van der Waals surface area contributed by atoms with E-state index in [1.54, 1.807) is 55.5 Å². The molecule has 2 aromatic rings. The van der Waals surface area contributed by atoms with Gasteiger partial charge >= 0.3 is 6.03 Å². The summed E-state index contributed by atoms with van der Waals surface area (Å²) in [6.45, 7) is 2.38. The number of urea groups is 1. The van der Waals surface area contributed by atoms with Crippen LogP contribution in [0.1, 0.15) is 25.3 Å². The summed E-state index contributed by atoms with van der Waals surface area (Å²) in [5.41, 5.74) is 1.45. The summed E-state index contributed by atoms with van der Waals surface area (Å²) in [5, 5.41) is 9.15. The molecule has 0 aliphatic carbocycles. The standard InChI is InChI=1S/C25H31ClN4O5/c1-16(31)27-21(13-17-7-8-22(34-2)23(14-17)35-3)24(32)28-19-9-11-30(12-10-19)25(33)29-20-6-4-5-18(26)15-20/h4-8,14-15,19,21H,9-13H2,1-3H3,(H,27,31)(H,28,32)(H,29,33). The first-order valence-corrected chi connectivity index (χ1v) is 11.8. The van der Waals surface area contributed by atoms with Crippen LogP contribution in [0.25, 0.3) is 0 Å². The summed E-state index contributed by atoms with van der Waals surface area (Å²) < 4.78 is 10.6. The quantitative estimate of drug-likeness (QED) is 0.513. The van der Waals surface area contributed by atoms with Crippen molar-refractivity contribution in [1.29, 1.82) is 0 Å². The number of hydrogen-bond donors (Lipinski definition) is 3. The molecule has 0 spiro atoms. The Kier molecular flexibility index (Phi) is 9.19. The van der Waals surface area contributed by atoms with Gasteiger partial charge in [0.05, 0.1) is 14.2 Å². The number of amides is 4. The minimum atomic E-state index is -0.741. The Bertz CT molecular complexity index is 1060. The number of nitrogens with one attached hydrogen (secondary N) is 3. The van der Waals surface area contributed by atoms with Crippen molar-refractivity contribution in [2.75, 3.05) is 32.6 Å². The lowest BCUT2D eigenvalue weighted by molar-refractivity contribution is -0.128. The highest BCUT2D eigenvalue weighted by Crippen LogP contribution is 2.28. The molecule has 4 amide bonds. The van der Waals surface area contributed by atoms with E-state index in [0.717, 1.165) is 5.56 Å². The summed E-state index contributed by atoms with van der Waals surface area (Å²) >= 11 is 5.98. The number of methoxy groups -OCH3 is 2. The van der Waals surface area contributed by atoms with E-state index in [0.29, 0.717) is 54.6 Å². The van der Waals surface area contributed by atoms with Crippen molar-refractivity contribution in [2.45, 2.75) is 38.3 Å². The molecular formula is C25H31ClN4O5. The Hall–Kier alpha value is -3.46. The Morgan fingerprint density at radius 3 is 2.40 bits per heavy atom. The normalized spacial score (nSPS) is 14.6. The first-order chi connectivity index (χ1) is 16.8. The van der Waals surface area contributed by atoms with Crippen molar-refractivity contribution < 1.29 is 23.9 Å². The van der Waals surface area contributed by atoms with Crippen molar-refractivity contribution in [3.05, 3.63) is 53.1 Å². The van der Waals surface area contributed by atoms with Gasteiger partial charge in [-0.1, -0.05) is 23.7 Å². The molecule has 0 saturated carbocycles. The predicted octanol–water partition coefficient (Wildman–Crippen LogP) is 3.22. The number of halogens is 1. The van der Waals surface area contributed by atoms with Crippen LogP contribution >= 0.6 is 11.6 Å². The fourth-order valence-electron chi connectivity index (χ4n) is 4.00. The highest BCUT2D eigenvalue weighted by molar-refractivity contribution is 6.30. The van der Waals surface area contributed by atoms with Crippen LogP contribution in [0.2, 0.25) is 5.02 Å². The molecule has 0 aromatic heterocycles. The molecule has 1 aliphatic heterocycles. The van der Waals surface area contributed by atoms with Crippen molar-refractivity contribution in [3.63, 3.8) is 0 Å². The van der Waals surface area contributed by atoms with Gasteiger partial charge in [-0.3, -0.25) is 9.59 Å². The van der Waals surface area contributed by atoms with Crippen LogP contribution in [0.3, 0.4) is 0 Å². The lowest BCUT2D eigenvalue weighted by Gasteiger charge is -2.33. The summed E-state index contributed by atoms with van der Waals surface area (Å²) in [6.07, 6.45) is 1.52. The molecule has 2 aromatic carbocycles. The summed E-state index contributed by atoms with van der Waals surface area (Å²) in [7, 11) is 3.10. The van der Waals surface area contributed by atoms with Crippen molar-refractivity contribution >= 4 is 35.1 Å². The van der Waals surface area contributed by atoms with Crippen LogP contribution < -0.4 is 25.4 Å². The van der Waals surface area contributed by atoms with Gasteiger partial charge in [0.1, 0.15) is 6.04 Å². The van der Waals surface area contributed by atoms with Gasteiger partial charge in [0.15, 0.2) is 11.5 Å². The van der Waals surface area contributed by atoms with E-state index in [9.17, 15) is 14.4 Å². The second-order valence-electron chi connectivity index (χ2n) is 8.36. The molecule has 1 saturated heterocycles. The summed E-state index contributed by atoms with van der Waals surface area (Å²) in [4.78, 5) is 39.1. The van der Waals surface area contributed by atoms with Crippen LogP contribution in [-0.4, -0.2) is 62.1 Å². The zero-order valence-corrected chi connectivity index (χ0v) is 20.9. The van der Waals surface area contributed by atoms with Crippen molar-refractivity contribution in [1.82, 2.24) is 15.5 Å². The van der Waals surface area contributed by atoms with E-state index in [-0.39, 0.29) is 23.9 Å². The zero-order chi connectivity index (χ0) is 25.4. The Morgan fingerprint density at radius 2 is 1.77 bits per heavy atom. The first-order valence-electron chi connectivity index (χ1n) is 11.4. The summed E-state index contributed by atoms with van der Waals surface area (Å²) in [6, 6.07) is 11.3. The Balaban J connectivity index is 1.55. The number of ether oxygens (including phenoxy) is 2. The van der Waals surface area contributed by atoms with Crippen LogP contribution in [0.4, 0.5) is 10.5 Å². The predicted molar refractivity (Wildman–Crippen MR) is 134 cm³/mol. The fourth-order valence-corrected chi connectivity index (χ4v) is 4.19. The van der Waals surface area contributed by atoms with E-state index in [4.69, 9.17) is 21.1 Å². The largest absolute Gasteiger partial charge is 0.493 e. The molecule has 1 aliphatic rings. The maximum atomic E-state index is 13.0. The Labute approximate surface area is 210 Å².